The summed E-state index contributed by atoms with van der Waals surface area (Å²) < 4.78 is 0. The third-order valence-electron chi connectivity index (χ3n) is 2.05. The van der Waals surface area contributed by atoms with Gasteiger partial charge in [-0.1, -0.05) is 18.5 Å². The zero-order valence-corrected chi connectivity index (χ0v) is 10.2. The Labute approximate surface area is 100 Å². The highest BCUT2D eigenvalue weighted by Gasteiger charge is 2.08. The Balaban J connectivity index is 2.45. The van der Waals surface area contributed by atoms with Gasteiger partial charge in [-0.2, -0.15) is 0 Å². The molecule has 88 valence electrons. The van der Waals surface area contributed by atoms with Gasteiger partial charge in [0.2, 0.25) is 5.91 Å². The van der Waals surface area contributed by atoms with Gasteiger partial charge in [0, 0.05) is 24.3 Å². The van der Waals surface area contributed by atoms with Crippen molar-refractivity contribution < 1.29 is 4.79 Å². The maximum absolute atomic E-state index is 11.6. The summed E-state index contributed by atoms with van der Waals surface area (Å²) in [5, 5.41) is 6.32. The van der Waals surface area contributed by atoms with E-state index in [1.807, 2.05) is 13.8 Å². The van der Waals surface area contributed by atoms with Gasteiger partial charge in [0.05, 0.1) is 0 Å². The zero-order valence-electron chi connectivity index (χ0n) is 9.46. The molecule has 0 aromatic carbocycles. The van der Waals surface area contributed by atoms with Gasteiger partial charge in [0.15, 0.2) is 0 Å². The minimum atomic E-state index is -0.0317. The summed E-state index contributed by atoms with van der Waals surface area (Å²) in [5.74, 6) is -0.0317. The highest BCUT2D eigenvalue weighted by molar-refractivity contribution is 6.29. The summed E-state index contributed by atoms with van der Waals surface area (Å²) in [6.07, 6.45) is 2.00. The third kappa shape index (κ3) is 4.59. The monoisotopic (exact) mass is 241 g/mol. The van der Waals surface area contributed by atoms with Crippen LogP contribution in [0.15, 0.2) is 18.3 Å². The second-order valence-corrected chi connectivity index (χ2v) is 3.97. The van der Waals surface area contributed by atoms with Gasteiger partial charge in [-0.05, 0) is 25.6 Å². The summed E-state index contributed by atoms with van der Waals surface area (Å²) in [6.45, 7) is 4.84. The Morgan fingerprint density at radius 2 is 2.38 bits per heavy atom. The Morgan fingerprint density at radius 1 is 1.62 bits per heavy atom. The molecule has 0 radical (unpaired) electrons. The van der Waals surface area contributed by atoms with Crippen LogP contribution in [0.25, 0.3) is 0 Å². The van der Waals surface area contributed by atoms with E-state index in [0.29, 0.717) is 17.3 Å². The molecule has 1 aromatic rings. The number of pyridine rings is 1. The van der Waals surface area contributed by atoms with Gasteiger partial charge in [0.25, 0.3) is 0 Å². The number of amides is 1. The fraction of sp³-hybridized carbons (Fsp3) is 0.455. The van der Waals surface area contributed by atoms with Crippen molar-refractivity contribution in [3.63, 3.8) is 0 Å². The molecule has 5 heteroatoms. The molecule has 1 amide bonds. The standard InChI is InChI=1S/C11H16ClN3O/c1-3-13-8(2)6-11(16)15-9-4-5-14-10(12)7-9/h4-5,7-8,13H,3,6H2,1-2H3,(H,14,15,16). The molecule has 0 aliphatic heterocycles. The van der Waals surface area contributed by atoms with Gasteiger partial charge in [-0.3, -0.25) is 4.79 Å². The summed E-state index contributed by atoms with van der Waals surface area (Å²) in [4.78, 5) is 15.4. The molecule has 4 nitrogen and oxygen atoms in total. The average Bonchev–Trinajstić information content (AvgIpc) is 2.17. The first-order chi connectivity index (χ1) is 7.61. The molecule has 0 aliphatic rings. The first-order valence-corrected chi connectivity index (χ1v) is 5.64. The molecule has 1 rings (SSSR count). The molecule has 0 fully saturated rings. The lowest BCUT2D eigenvalue weighted by molar-refractivity contribution is -0.116. The van der Waals surface area contributed by atoms with Crippen LogP contribution in [-0.2, 0) is 4.79 Å². The van der Waals surface area contributed by atoms with Crippen molar-refractivity contribution in [2.24, 2.45) is 0 Å². The van der Waals surface area contributed by atoms with Crippen LogP contribution in [0.3, 0.4) is 0 Å². The Kier molecular flexibility index (Phi) is 5.22. The average molecular weight is 242 g/mol. The number of halogens is 1. The highest BCUT2D eigenvalue weighted by atomic mass is 35.5. The molecule has 0 spiro atoms. The predicted molar refractivity (Wildman–Crippen MR) is 65.6 cm³/mol. The van der Waals surface area contributed by atoms with Crippen molar-refractivity contribution >= 4 is 23.2 Å². The number of anilines is 1. The van der Waals surface area contributed by atoms with Gasteiger partial charge in [-0.15, -0.1) is 0 Å². The van der Waals surface area contributed by atoms with Crippen molar-refractivity contribution in [3.05, 3.63) is 23.5 Å². The highest BCUT2D eigenvalue weighted by Crippen LogP contribution is 2.12. The van der Waals surface area contributed by atoms with Gasteiger partial charge < -0.3 is 10.6 Å². The fourth-order valence-electron chi connectivity index (χ4n) is 1.39. The molecule has 1 aromatic heterocycles. The van der Waals surface area contributed by atoms with Crippen LogP contribution in [0.2, 0.25) is 5.15 Å². The summed E-state index contributed by atoms with van der Waals surface area (Å²) in [5.41, 5.74) is 0.675. The van der Waals surface area contributed by atoms with E-state index < -0.39 is 0 Å². The van der Waals surface area contributed by atoms with Crippen molar-refractivity contribution in [1.82, 2.24) is 10.3 Å². The zero-order chi connectivity index (χ0) is 12.0. The quantitative estimate of drug-likeness (QED) is 0.776. The number of carbonyl (C=O) groups is 1. The van der Waals surface area contributed by atoms with Crippen LogP contribution in [0, 0.1) is 0 Å². The summed E-state index contributed by atoms with van der Waals surface area (Å²) in [7, 11) is 0. The number of hydrogen-bond acceptors (Lipinski definition) is 3. The SMILES string of the molecule is CCNC(C)CC(=O)Nc1ccnc(Cl)c1. The smallest absolute Gasteiger partial charge is 0.225 e. The first-order valence-electron chi connectivity index (χ1n) is 5.26. The van der Waals surface area contributed by atoms with Crippen LogP contribution in [0.1, 0.15) is 20.3 Å². The largest absolute Gasteiger partial charge is 0.326 e. The molecule has 0 saturated heterocycles. The van der Waals surface area contributed by atoms with E-state index in [1.165, 1.54) is 0 Å². The summed E-state index contributed by atoms with van der Waals surface area (Å²) >= 11 is 5.71. The van der Waals surface area contributed by atoms with Crippen molar-refractivity contribution in [2.75, 3.05) is 11.9 Å². The first kappa shape index (κ1) is 12.9. The van der Waals surface area contributed by atoms with E-state index >= 15 is 0 Å². The lowest BCUT2D eigenvalue weighted by Gasteiger charge is -2.12. The number of hydrogen-bond donors (Lipinski definition) is 2. The number of nitrogens with zero attached hydrogens (tertiary/aromatic N) is 1. The van der Waals surface area contributed by atoms with E-state index in [9.17, 15) is 4.79 Å². The van der Waals surface area contributed by atoms with Crippen LogP contribution in [0.4, 0.5) is 5.69 Å². The molecule has 2 N–H and O–H groups in total. The second-order valence-electron chi connectivity index (χ2n) is 3.58. The Hall–Kier alpha value is -1.13. The van der Waals surface area contributed by atoms with Crippen LogP contribution >= 0.6 is 11.6 Å². The molecule has 16 heavy (non-hydrogen) atoms. The van der Waals surface area contributed by atoms with Crippen LogP contribution in [0.5, 0.6) is 0 Å². The molecular weight excluding hydrogens is 226 g/mol. The van der Waals surface area contributed by atoms with Crippen LogP contribution in [-0.4, -0.2) is 23.5 Å². The Morgan fingerprint density at radius 3 is 3.00 bits per heavy atom. The van der Waals surface area contributed by atoms with Gasteiger partial charge >= 0.3 is 0 Å². The van der Waals surface area contributed by atoms with Gasteiger partial charge in [0.1, 0.15) is 5.15 Å². The molecule has 0 bridgehead atoms. The Bertz CT molecular complexity index is 357. The van der Waals surface area contributed by atoms with Gasteiger partial charge in [-0.25, -0.2) is 4.98 Å². The van der Waals surface area contributed by atoms with Crippen molar-refractivity contribution in [1.29, 1.82) is 0 Å². The van der Waals surface area contributed by atoms with Crippen molar-refractivity contribution in [2.45, 2.75) is 26.3 Å². The fourth-order valence-corrected chi connectivity index (χ4v) is 1.56. The van der Waals surface area contributed by atoms with E-state index in [2.05, 4.69) is 15.6 Å². The lowest BCUT2D eigenvalue weighted by Crippen LogP contribution is -2.30. The normalized spacial score (nSPS) is 12.2. The molecule has 1 atom stereocenters. The molecular formula is C11H16ClN3O. The van der Waals surface area contributed by atoms with E-state index in [4.69, 9.17) is 11.6 Å². The minimum absolute atomic E-state index is 0.0317. The molecule has 0 aliphatic carbocycles. The second kappa shape index (κ2) is 6.45. The van der Waals surface area contributed by atoms with E-state index in [0.717, 1.165) is 6.54 Å². The lowest BCUT2D eigenvalue weighted by atomic mass is 10.2. The number of aromatic nitrogens is 1. The number of rotatable bonds is 5. The maximum atomic E-state index is 11.6. The molecule has 1 heterocycles. The van der Waals surface area contributed by atoms with Crippen LogP contribution < -0.4 is 10.6 Å². The topological polar surface area (TPSA) is 54.0 Å². The summed E-state index contributed by atoms with van der Waals surface area (Å²) in [6, 6.07) is 3.50. The number of nitrogens with one attached hydrogen (secondary N) is 2. The van der Waals surface area contributed by atoms with E-state index in [-0.39, 0.29) is 11.9 Å². The number of carbonyl (C=O) groups excluding carboxylic acids is 1. The maximum Gasteiger partial charge on any atom is 0.225 e. The molecule has 1 unspecified atom stereocenters. The van der Waals surface area contributed by atoms with Crippen molar-refractivity contribution in [3.8, 4) is 0 Å². The third-order valence-corrected chi connectivity index (χ3v) is 2.26. The minimum Gasteiger partial charge on any atom is -0.326 e. The van der Waals surface area contributed by atoms with E-state index in [1.54, 1.807) is 18.3 Å². The molecule has 0 saturated carbocycles. The predicted octanol–water partition coefficient (Wildman–Crippen LogP) is 2.06.